The van der Waals surface area contributed by atoms with Crippen molar-refractivity contribution in [3.05, 3.63) is 73.7 Å². The molecular weight excluding hydrogens is 449 g/mol. The van der Waals surface area contributed by atoms with Gasteiger partial charge in [-0.3, -0.25) is 4.79 Å². The van der Waals surface area contributed by atoms with E-state index in [1.807, 2.05) is 0 Å². The standard InChI is InChI=1S/C21H17Cl2NO5S/c1-27-17-5-3-12(7-19(17)28-2)18(8-14-15(22)9-24-10-16(14)23)29-21(26)20-6-4-13(11-25)30-20/h3-7,9-11,18H,8H2,1-2H3/p+1/t18-/m1/s1. The number of esters is 1. The number of benzene rings is 1. The molecule has 2 heterocycles. The fourth-order valence-corrected chi connectivity index (χ4v) is 4.09. The highest BCUT2D eigenvalue weighted by Crippen LogP contribution is 2.35. The number of carbonyl (C=O) groups excluding carboxylic acids is 2. The molecule has 0 radical (unpaired) electrons. The summed E-state index contributed by atoms with van der Waals surface area (Å²) in [5.41, 5.74) is 1.30. The molecule has 9 heteroatoms. The van der Waals surface area contributed by atoms with E-state index in [0.717, 1.165) is 11.3 Å². The molecule has 0 bridgehead atoms. The topological polar surface area (TPSA) is 76.0 Å². The molecule has 0 aliphatic rings. The average Bonchev–Trinajstić information content (AvgIpc) is 3.24. The van der Waals surface area contributed by atoms with Crippen LogP contribution in [0.2, 0.25) is 10.0 Å². The van der Waals surface area contributed by atoms with Gasteiger partial charge in [-0.25, -0.2) is 9.78 Å². The molecule has 3 rings (SSSR count). The zero-order valence-corrected chi connectivity index (χ0v) is 18.4. The lowest BCUT2D eigenvalue weighted by atomic mass is 10.0. The number of carbonyl (C=O) groups is 2. The van der Waals surface area contributed by atoms with E-state index in [1.165, 1.54) is 14.2 Å². The van der Waals surface area contributed by atoms with Crippen LogP contribution in [0.3, 0.4) is 0 Å². The average molecular weight is 467 g/mol. The predicted molar refractivity (Wildman–Crippen MR) is 114 cm³/mol. The van der Waals surface area contributed by atoms with Crippen LogP contribution in [-0.4, -0.2) is 26.5 Å². The third kappa shape index (κ3) is 4.92. The van der Waals surface area contributed by atoms with Crippen LogP contribution in [0.15, 0.2) is 42.7 Å². The lowest BCUT2D eigenvalue weighted by molar-refractivity contribution is -0.377. The molecule has 0 saturated heterocycles. The van der Waals surface area contributed by atoms with Crippen molar-refractivity contribution in [2.75, 3.05) is 14.2 Å². The Hall–Kier alpha value is -2.61. The van der Waals surface area contributed by atoms with Crippen molar-refractivity contribution in [2.24, 2.45) is 0 Å². The first-order chi connectivity index (χ1) is 14.5. The lowest BCUT2D eigenvalue weighted by Crippen LogP contribution is -2.15. The molecule has 1 atom stereocenters. The molecule has 156 valence electrons. The summed E-state index contributed by atoms with van der Waals surface area (Å²) in [5, 5.41) is 0.840. The van der Waals surface area contributed by atoms with E-state index in [1.54, 1.807) is 42.7 Å². The van der Waals surface area contributed by atoms with Gasteiger partial charge >= 0.3 is 5.97 Å². The smallest absolute Gasteiger partial charge is 0.348 e. The monoisotopic (exact) mass is 466 g/mol. The van der Waals surface area contributed by atoms with E-state index in [2.05, 4.69) is 4.98 Å². The second kappa shape index (κ2) is 9.93. The fraction of sp³-hybridized carbons (Fsp3) is 0.190. The number of halogens is 2. The Bertz CT molecular complexity index is 1050. The Morgan fingerprint density at radius 3 is 2.40 bits per heavy atom. The summed E-state index contributed by atoms with van der Waals surface area (Å²) in [4.78, 5) is 27.3. The highest BCUT2D eigenvalue weighted by Gasteiger charge is 2.24. The maximum atomic E-state index is 12.7. The summed E-state index contributed by atoms with van der Waals surface area (Å²) in [5.74, 6) is 0.488. The molecule has 0 aliphatic carbocycles. The van der Waals surface area contributed by atoms with Gasteiger partial charge in [-0.15, -0.1) is 11.3 Å². The minimum absolute atomic E-state index is 0.236. The SMILES string of the molecule is COc1ccc([C@@H](Cc2c(Cl)c[nH+]cc2Cl)OC(=O)c2ccc(C=O)s2)cc1OC. The van der Waals surface area contributed by atoms with Gasteiger partial charge < -0.3 is 14.2 Å². The number of aromatic nitrogens is 1. The maximum Gasteiger partial charge on any atom is 0.348 e. The Kier molecular flexibility index (Phi) is 7.31. The Balaban J connectivity index is 1.97. The van der Waals surface area contributed by atoms with Crippen LogP contribution in [-0.2, 0) is 11.2 Å². The number of H-pyrrole nitrogens is 1. The number of ether oxygens (including phenoxy) is 3. The first-order valence-electron chi connectivity index (χ1n) is 8.78. The molecule has 0 saturated carbocycles. The van der Waals surface area contributed by atoms with Gasteiger partial charge in [0.05, 0.1) is 19.1 Å². The van der Waals surface area contributed by atoms with Crippen LogP contribution in [0.5, 0.6) is 11.5 Å². The van der Waals surface area contributed by atoms with Crippen molar-refractivity contribution in [2.45, 2.75) is 12.5 Å². The number of hydrogen-bond acceptors (Lipinski definition) is 6. The molecule has 0 unspecified atom stereocenters. The largest absolute Gasteiger partial charge is 0.493 e. The van der Waals surface area contributed by atoms with Crippen LogP contribution >= 0.6 is 34.5 Å². The first kappa shape index (κ1) is 22.1. The quantitative estimate of drug-likeness (QED) is 0.350. The number of pyridine rings is 1. The normalized spacial score (nSPS) is 11.6. The second-order valence-corrected chi connectivity index (χ2v) is 8.09. The van der Waals surface area contributed by atoms with E-state index < -0.39 is 12.1 Å². The molecule has 3 aromatic rings. The van der Waals surface area contributed by atoms with Crippen molar-refractivity contribution < 1.29 is 28.8 Å². The summed E-state index contributed by atoms with van der Waals surface area (Å²) in [7, 11) is 3.06. The molecule has 1 aromatic carbocycles. The molecule has 1 N–H and O–H groups in total. The van der Waals surface area contributed by atoms with Crippen LogP contribution < -0.4 is 14.5 Å². The third-order valence-electron chi connectivity index (χ3n) is 4.36. The summed E-state index contributed by atoms with van der Waals surface area (Å²) < 4.78 is 16.5. The molecule has 0 amide bonds. The van der Waals surface area contributed by atoms with Gasteiger partial charge in [-0.2, -0.15) is 0 Å². The van der Waals surface area contributed by atoms with Crippen molar-refractivity contribution in [3.63, 3.8) is 0 Å². The van der Waals surface area contributed by atoms with Crippen molar-refractivity contribution in [1.82, 2.24) is 0 Å². The predicted octanol–water partition coefficient (Wildman–Crippen LogP) is 4.84. The number of aldehydes is 1. The van der Waals surface area contributed by atoms with Gasteiger partial charge in [0, 0.05) is 12.0 Å². The van der Waals surface area contributed by atoms with Crippen molar-refractivity contribution >= 4 is 46.8 Å². The van der Waals surface area contributed by atoms with Crippen LogP contribution in [0.4, 0.5) is 0 Å². The number of thiophene rings is 1. The summed E-state index contributed by atoms with van der Waals surface area (Å²) in [6.45, 7) is 0. The van der Waals surface area contributed by atoms with E-state index in [4.69, 9.17) is 37.4 Å². The van der Waals surface area contributed by atoms with E-state index in [9.17, 15) is 9.59 Å². The second-order valence-electron chi connectivity index (χ2n) is 6.16. The van der Waals surface area contributed by atoms with Gasteiger partial charge in [-0.05, 0) is 29.8 Å². The van der Waals surface area contributed by atoms with Gasteiger partial charge in [0.2, 0.25) is 0 Å². The third-order valence-corrected chi connectivity index (χ3v) is 6.02. The lowest BCUT2D eigenvalue weighted by Gasteiger charge is -2.20. The molecule has 6 nitrogen and oxygen atoms in total. The van der Waals surface area contributed by atoms with Crippen LogP contribution in [0.25, 0.3) is 0 Å². The number of methoxy groups -OCH3 is 2. The number of aromatic amines is 1. The number of hydrogen-bond donors (Lipinski definition) is 0. The van der Waals surface area contributed by atoms with Crippen molar-refractivity contribution in [3.8, 4) is 11.5 Å². The molecule has 0 fully saturated rings. The fourth-order valence-electron chi connectivity index (χ4n) is 2.85. The number of nitrogens with one attached hydrogen (secondary N) is 1. The Labute approximate surface area is 187 Å². The maximum absolute atomic E-state index is 12.7. The number of rotatable bonds is 8. The molecule has 2 aromatic heterocycles. The summed E-state index contributed by atoms with van der Waals surface area (Å²) in [6.07, 6.45) is 3.42. The van der Waals surface area contributed by atoms with E-state index in [0.29, 0.717) is 48.7 Å². The minimum Gasteiger partial charge on any atom is -0.493 e. The zero-order valence-electron chi connectivity index (χ0n) is 16.1. The zero-order chi connectivity index (χ0) is 21.7. The van der Waals surface area contributed by atoms with E-state index in [-0.39, 0.29) is 6.42 Å². The molecule has 0 spiro atoms. The van der Waals surface area contributed by atoms with Crippen LogP contribution in [0.1, 0.15) is 36.6 Å². The summed E-state index contributed by atoms with van der Waals surface area (Å²) in [6, 6.07) is 8.37. The van der Waals surface area contributed by atoms with Gasteiger partial charge in [-0.1, -0.05) is 29.3 Å². The van der Waals surface area contributed by atoms with Gasteiger partial charge in [0.25, 0.3) is 0 Å². The summed E-state index contributed by atoms with van der Waals surface area (Å²) >= 11 is 13.7. The van der Waals surface area contributed by atoms with Gasteiger partial charge in [0.1, 0.15) is 21.0 Å². The van der Waals surface area contributed by atoms with Crippen molar-refractivity contribution in [1.29, 1.82) is 0 Å². The molecular formula is C21H18Cl2NO5S+. The molecule has 0 aliphatic heterocycles. The minimum atomic E-state index is -0.712. The Morgan fingerprint density at radius 2 is 1.80 bits per heavy atom. The molecule has 30 heavy (non-hydrogen) atoms. The van der Waals surface area contributed by atoms with Crippen LogP contribution in [0, 0.1) is 0 Å². The Morgan fingerprint density at radius 1 is 1.10 bits per heavy atom. The van der Waals surface area contributed by atoms with Gasteiger partial charge in [0.15, 0.2) is 30.2 Å². The first-order valence-corrected chi connectivity index (χ1v) is 10.4. The van der Waals surface area contributed by atoms with E-state index >= 15 is 0 Å². The highest BCUT2D eigenvalue weighted by molar-refractivity contribution is 7.15. The highest BCUT2D eigenvalue weighted by atomic mass is 35.5.